The van der Waals surface area contributed by atoms with Crippen molar-refractivity contribution in [3.05, 3.63) is 117 Å². The van der Waals surface area contributed by atoms with Crippen molar-refractivity contribution in [2.24, 2.45) is 4.99 Å². The number of fused-ring (bicyclic) bond motifs is 5. The number of aromatic nitrogens is 4. The Balaban J connectivity index is 0.00000480. The maximum atomic E-state index is 9.59. The van der Waals surface area contributed by atoms with E-state index in [4.69, 9.17) is 24.7 Å². The van der Waals surface area contributed by atoms with Gasteiger partial charge in [0.1, 0.15) is 12.0 Å². The van der Waals surface area contributed by atoms with Gasteiger partial charge in [-0.05, 0) is 101 Å². The quantitative estimate of drug-likeness (QED) is 0.165. The Labute approximate surface area is 338 Å². The van der Waals surface area contributed by atoms with E-state index in [0.29, 0.717) is 29.4 Å². The van der Waals surface area contributed by atoms with Gasteiger partial charge in [-0.2, -0.15) is 0 Å². The maximum absolute atomic E-state index is 9.59. The Morgan fingerprint density at radius 1 is 0.907 bits per heavy atom. The molecular formula is C47H51N5OPt. The van der Waals surface area contributed by atoms with Crippen LogP contribution in [0.3, 0.4) is 0 Å². The van der Waals surface area contributed by atoms with E-state index in [9.17, 15) is 2.74 Å². The standard InChI is InChI=1S/C47H51N5O.Pt/c1-26(2)36-20-31(44-51-47(12)25-38-34(24-41(47)53-44)28(4)43(29(5)49-38)46(9,10)11)22-42(50-36)52-39-16-13-27(3)19-35(39)33-15-14-30(21-40(33)52)37-23-32(17-18-48-37)45(6,7)8;/h13-20,23,26,41H,24-25H2,1-12H3;/q-2;+2/t41-,47-;/m0./s1/i25D2;. The Morgan fingerprint density at radius 3 is 2.37 bits per heavy atom. The summed E-state index contributed by atoms with van der Waals surface area (Å²) in [4.78, 5) is 20.1. The molecular weight excluding hydrogens is 846 g/mol. The average Bonchev–Trinajstić information content (AvgIpc) is 3.63. The van der Waals surface area contributed by atoms with E-state index in [0.717, 1.165) is 66.7 Å². The molecule has 4 aromatic heterocycles. The molecule has 0 spiro atoms. The van der Waals surface area contributed by atoms with E-state index in [1.807, 2.05) is 26.1 Å². The molecule has 0 saturated carbocycles. The third kappa shape index (κ3) is 6.42. The van der Waals surface area contributed by atoms with Crippen LogP contribution in [-0.4, -0.2) is 37.1 Å². The molecule has 7 heteroatoms. The fourth-order valence-electron chi connectivity index (χ4n) is 8.28. The van der Waals surface area contributed by atoms with Crippen molar-refractivity contribution in [1.29, 1.82) is 0 Å². The van der Waals surface area contributed by atoms with E-state index in [1.165, 1.54) is 5.56 Å². The van der Waals surface area contributed by atoms with Gasteiger partial charge in [0, 0.05) is 38.6 Å². The molecule has 6 aromatic rings. The Hall–Kier alpha value is -4.15. The molecule has 8 rings (SSSR count). The Morgan fingerprint density at radius 2 is 1.67 bits per heavy atom. The first kappa shape index (κ1) is 35.5. The molecule has 2 aromatic carbocycles. The van der Waals surface area contributed by atoms with Gasteiger partial charge >= 0.3 is 21.1 Å². The molecule has 0 amide bonds. The summed E-state index contributed by atoms with van der Waals surface area (Å²) in [6.45, 7) is 25.5. The van der Waals surface area contributed by atoms with Crippen LogP contribution < -0.4 is 0 Å². The number of aliphatic imine (C=N–C) groups is 1. The predicted octanol–water partition coefficient (Wildman–Crippen LogP) is 10.6. The Kier molecular flexibility index (Phi) is 8.73. The van der Waals surface area contributed by atoms with Crippen molar-refractivity contribution in [2.75, 3.05) is 0 Å². The fraction of sp³-hybridized carbons (Fsp3) is 0.404. The number of hydrogen-bond donors (Lipinski definition) is 0. The van der Waals surface area contributed by atoms with Crippen LogP contribution in [0.1, 0.15) is 121 Å². The van der Waals surface area contributed by atoms with Crippen molar-refractivity contribution >= 4 is 27.7 Å². The topological polar surface area (TPSA) is 65.2 Å². The maximum Gasteiger partial charge on any atom is 2.00 e. The molecule has 2 aliphatic rings. The third-order valence-corrected chi connectivity index (χ3v) is 11.0. The van der Waals surface area contributed by atoms with Crippen molar-refractivity contribution in [2.45, 2.75) is 124 Å². The van der Waals surface area contributed by atoms with Crippen LogP contribution in [0, 0.1) is 32.9 Å². The fourth-order valence-corrected chi connectivity index (χ4v) is 8.28. The summed E-state index contributed by atoms with van der Waals surface area (Å²) < 4.78 is 28.1. The first-order valence-corrected chi connectivity index (χ1v) is 18.9. The van der Waals surface area contributed by atoms with Crippen LogP contribution in [0.25, 0.3) is 38.9 Å². The van der Waals surface area contributed by atoms with Gasteiger partial charge in [0.15, 0.2) is 0 Å². The van der Waals surface area contributed by atoms with Crippen LogP contribution in [-0.2, 0) is 49.4 Å². The van der Waals surface area contributed by atoms with Crippen molar-refractivity contribution < 1.29 is 28.5 Å². The minimum atomic E-state index is -1.87. The van der Waals surface area contributed by atoms with E-state index < -0.39 is 18.0 Å². The van der Waals surface area contributed by atoms with Gasteiger partial charge in [-0.15, -0.1) is 41.5 Å². The SMILES string of the molecule is [2H]C1([2H])c2nc(C)c(C(C)(C)C)c(C)c2C[C@@H]2OC(c3[c-]c(-n4c5[c-]c(-c6cc(C(C)(C)C)ccn6)ccc5c5cc(C)ccc54)nc(C(C)C)c3)=N[C@]21C.[Pt+2]. The van der Waals surface area contributed by atoms with Crippen LogP contribution in [0.4, 0.5) is 0 Å². The van der Waals surface area contributed by atoms with Crippen LogP contribution in [0.15, 0.2) is 59.7 Å². The van der Waals surface area contributed by atoms with Gasteiger partial charge in [-0.3, -0.25) is 9.97 Å². The van der Waals surface area contributed by atoms with Gasteiger partial charge < -0.3 is 19.3 Å². The zero-order valence-electron chi connectivity index (χ0n) is 35.5. The van der Waals surface area contributed by atoms with Gasteiger partial charge in [0.25, 0.3) is 0 Å². The van der Waals surface area contributed by atoms with E-state index >= 15 is 0 Å². The Bertz CT molecular complexity index is 2590. The first-order valence-electron chi connectivity index (χ1n) is 19.9. The normalized spacial score (nSPS) is 19.9. The van der Waals surface area contributed by atoms with Crippen molar-refractivity contribution in [3.8, 4) is 17.1 Å². The van der Waals surface area contributed by atoms with Crippen molar-refractivity contribution in [1.82, 2.24) is 19.5 Å². The first-order chi connectivity index (χ1) is 25.7. The number of rotatable bonds is 4. The molecule has 0 fully saturated rings. The van der Waals surface area contributed by atoms with Gasteiger partial charge in [0.2, 0.25) is 0 Å². The molecule has 54 heavy (non-hydrogen) atoms. The number of nitrogens with zero attached hydrogens (tertiary/aromatic N) is 5. The van der Waals surface area contributed by atoms with Gasteiger partial charge in [0.05, 0.1) is 11.4 Å². The monoisotopic (exact) mass is 898 g/mol. The average molecular weight is 899 g/mol. The molecule has 6 nitrogen and oxygen atoms in total. The summed E-state index contributed by atoms with van der Waals surface area (Å²) in [6.07, 6.45) is 0.00908. The number of pyridine rings is 3. The second kappa shape index (κ2) is 13.3. The summed E-state index contributed by atoms with van der Waals surface area (Å²) in [5, 5.41) is 2.17. The number of hydrogen-bond acceptors (Lipinski definition) is 5. The van der Waals surface area contributed by atoms with E-state index in [2.05, 4.69) is 128 Å². The molecule has 0 radical (unpaired) electrons. The zero-order chi connectivity index (χ0) is 39.6. The predicted molar refractivity (Wildman–Crippen MR) is 217 cm³/mol. The summed E-state index contributed by atoms with van der Waals surface area (Å²) >= 11 is 0. The summed E-state index contributed by atoms with van der Waals surface area (Å²) in [5.41, 5.74) is 10.7. The second-order valence-electron chi connectivity index (χ2n) is 17.6. The summed E-state index contributed by atoms with van der Waals surface area (Å²) in [6, 6.07) is 24.4. The molecule has 0 saturated heterocycles. The zero-order valence-corrected chi connectivity index (χ0v) is 35.8. The summed E-state index contributed by atoms with van der Waals surface area (Å²) in [5.74, 6) is 1.08. The minimum absolute atomic E-state index is 0. The molecule has 5 heterocycles. The number of ether oxygens (including phenoxy) is 1. The molecule has 2 atom stereocenters. The second-order valence-corrected chi connectivity index (χ2v) is 17.6. The molecule has 1 aliphatic heterocycles. The third-order valence-electron chi connectivity index (χ3n) is 11.0. The van der Waals surface area contributed by atoms with Crippen LogP contribution in [0.5, 0.6) is 0 Å². The smallest absolute Gasteiger partial charge is 0.529 e. The molecule has 0 bridgehead atoms. The van der Waals surface area contributed by atoms with Crippen LogP contribution in [0.2, 0.25) is 0 Å². The molecule has 1 aliphatic carbocycles. The molecule has 0 N–H and O–H groups in total. The van der Waals surface area contributed by atoms with Gasteiger partial charge in [-0.25, -0.2) is 0 Å². The van der Waals surface area contributed by atoms with E-state index in [-0.39, 0.29) is 37.8 Å². The summed E-state index contributed by atoms with van der Waals surface area (Å²) in [7, 11) is 0. The minimum Gasteiger partial charge on any atom is -0.529 e. The van der Waals surface area contributed by atoms with Crippen molar-refractivity contribution in [3.63, 3.8) is 0 Å². The molecule has 280 valence electrons. The van der Waals surface area contributed by atoms with Crippen LogP contribution >= 0.6 is 0 Å². The number of aryl methyl sites for hydroxylation is 2. The van der Waals surface area contributed by atoms with Gasteiger partial charge in [-0.1, -0.05) is 84.5 Å². The molecule has 0 unspecified atom stereocenters. The van der Waals surface area contributed by atoms with E-state index in [1.54, 1.807) is 0 Å². The number of benzene rings is 2. The largest absolute Gasteiger partial charge is 2.00 e.